The third-order valence-electron chi connectivity index (χ3n) is 4.89. The average Bonchev–Trinajstić information content (AvgIpc) is 2.63. The van der Waals surface area contributed by atoms with Gasteiger partial charge in [-0.05, 0) is 31.0 Å². The van der Waals surface area contributed by atoms with Crippen LogP contribution in [0.1, 0.15) is 23.2 Å². The second kappa shape index (κ2) is 8.54. The fraction of sp³-hybridized carbons (Fsp3) is 0.421. The van der Waals surface area contributed by atoms with Gasteiger partial charge in [0, 0.05) is 55.4 Å². The SMILES string of the molecule is Cc1[nH]c(=O)[nH]c(=O)c1CCC(=O)N1CCN(Cc2ccc(Cl)cc2)CC1. The molecule has 1 aromatic carbocycles. The van der Waals surface area contributed by atoms with Crippen molar-refractivity contribution in [3.8, 4) is 0 Å². The number of piperazine rings is 1. The summed E-state index contributed by atoms with van der Waals surface area (Å²) in [5.74, 6) is 0.0335. The number of aryl methyl sites for hydroxylation is 1. The zero-order valence-corrected chi connectivity index (χ0v) is 16.0. The first kappa shape index (κ1) is 19.4. The Labute approximate surface area is 162 Å². The van der Waals surface area contributed by atoms with Gasteiger partial charge in [0.15, 0.2) is 0 Å². The number of nitrogens with zero attached hydrogens (tertiary/aromatic N) is 2. The van der Waals surface area contributed by atoms with Crippen molar-refractivity contribution in [1.29, 1.82) is 0 Å². The number of hydrogen-bond acceptors (Lipinski definition) is 4. The lowest BCUT2D eigenvalue weighted by atomic mass is 10.1. The molecule has 1 amide bonds. The molecular formula is C19H23ClN4O3. The first-order valence-corrected chi connectivity index (χ1v) is 9.37. The fourth-order valence-corrected chi connectivity index (χ4v) is 3.45. The number of halogens is 1. The van der Waals surface area contributed by atoms with Gasteiger partial charge in [-0.15, -0.1) is 0 Å². The Hall–Kier alpha value is -2.38. The lowest BCUT2D eigenvalue weighted by Crippen LogP contribution is -2.48. The van der Waals surface area contributed by atoms with Crippen LogP contribution in [0.3, 0.4) is 0 Å². The number of aromatic nitrogens is 2. The molecule has 2 heterocycles. The van der Waals surface area contributed by atoms with Gasteiger partial charge in [-0.1, -0.05) is 23.7 Å². The van der Waals surface area contributed by atoms with Crippen LogP contribution in [0.15, 0.2) is 33.9 Å². The number of amides is 1. The quantitative estimate of drug-likeness (QED) is 0.805. The number of nitrogens with one attached hydrogen (secondary N) is 2. The third kappa shape index (κ3) is 5.08. The van der Waals surface area contributed by atoms with Gasteiger partial charge in [-0.25, -0.2) is 4.79 Å². The molecule has 0 unspecified atom stereocenters. The first-order chi connectivity index (χ1) is 12.9. The van der Waals surface area contributed by atoms with Crippen molar-refractivity contribution in [2.45, 2.75) is 26.3 Å². The summed E-state index contributed by atoms with van der Waals surface area (Å²) >= 11 is 5.91. The Morgan fingerprint density at radius 2 is 1.74 bits per heavy atom. The van der Waals surface area contributed by atoms with Crippen LogP contribution in [0, 0.1) is 6.92 Å². The second-order valence-corrected chi connectivity index (χ2v) is 7.23. The first-order valence-electron chi connectivity index (χ1n) is 8.99. The molecule has 0 bridgehead atoms. The van der Waals surface area contributed by atoms with Crippen LogP contribution < -0.4 is 11.2 Å². The van der Waals surface area contributed by atoms with Gasteiger partial charge in [0.1, 0.15) is 0 Å². The topological polar surface area (TPSA) is 89.3 Å². The van der Waals surface area contributed by atoms with Crippen LogP contribution in [-0.2, 0) is 17.8 Å². The normalized spacial score (nSPS) is 15.1. The highest BCUT2D eigenvalue weighted by atomic mass is 35.5. The van der Waals surface area contributed by atoms with Crippen molar-refractivity contribution in [3.05, 3.63) is 66.9 Å². The minimum Gasteiger partial charge on any atom is -0.340 e. The lowest BCUT2D eigenvalue weighted by Gasteiger charge is -2.34. The van der Waals surface area contributed by atoms with Gasteiger partial charge < -0.3 is 9.88 Å². The molecule has 1 aliphatic rings. The summed E-state index contributed by atoms with van der Waals surface area (Å²) in [5, 5.41) is 0.728. The molecule has 0 spiro atoms. The highest BCUT2D eigenvalue weighted by molar-refractivity contribution is 6.30. The Balaban J connectivity index is 1.49. The molecule has 7 nitrogen and oxygen atoms in total. The highest BCUT2D eigenvalue weighted by Crippen LogP contribution is 2.13. The number of hydrogen-bond donors (Lipinski definition) is 2. The summed E-state index contributed by atoms with van der Waals surface area (Å²) in [4.78, 5) is 44.5. The Morgan fingerprint density at radius 1 is 1.07 bits per heavy atom. The predicted molar refractivity (Wildman–Crippen MR) is 104 cm³/mol. The minimum atomic E-state index is -0.524. The average molecular weight is 391 g/mol. The van der Waals surface area contributed by atoms with E-state index in [0.29, 0.717) is 30.8 Å². The maximum absolute atomic E-state index is 12.5. The molecular weight excluding hydrogens is 368 g/mol. The second-order valence-electron chi connectivity index (χ2n) is 6.80. The summed E-state index contributed by atoms with van der Waals surface area (Å²) in [5.41, 5.74) is 1.24. The zero-order chi connectivity index (χ0) is 19.4. The van der Waals surface area contributed by atoms with E-state index in [-0.39, 0.29) is 12.3 Å². The number of rotatable bonds is 5. The summed E-state index contributed by atoms with van der Waals surface area (Å²) in [6.45, 7) is 5.48. The number of carbonyl (C=O) groups is 1. The largest absolute Gasteiger partial charge is 0.340 e. The van der Waals surface area contributed by atoms with Gasteiger partial charge in [0.2, 0.25) is 5.91 Å². The standard InChI is InChI=1S/C19H23ClN4O3/c1-13-16(18(26)22-19(27)21-13)6-7-17(25)24-10-8-23(9-11-24)12-14-2-4-15(20)5-3-14/h2-5H,6-12H2,1H3,(H2,21,22,26,27). The van der Waals surface area contributed by atoms with E-state index >= 15 is 0 Å². The Morgan fingerprint density at radius 3 is 2.37 bits per heavy atom. The number of H-pyrrole nitrogens is 2. The van der Waals surface area contributed by atoms with Crippen LogP contribution in [-0.4, -0.2) is 51.9 Å². The van der Waals surface area contributed by atoms with E-state index in [0.717, 1.165) is 24.7 Å². The molecule has 1 fully saturated rings. The van der Waals surface area contributed by atoms with Gasteiger partial charge in [-0.3, -0.25) is 19.5 Å². The molecule has 144 valence electrons. The molecule has 0 atom stereocenters. The minimum absolute atomic E-state index is 0.0335. The molecule has 0 saturated carbocycles. The van der Waals surface area contributed by atoms with Crippen molar-refractivity contribution in [3.63, 3.8) is 0 Å². The van der Waals surface area contributed by atoms with E-state index in [1.165, 1.54) is 5.56 Å². The number of carbonyl (C=O) groups excluding carboxylic acids is 1. The van der Waals surface area contributed by atoms with Gasteiger partial charge in [-0.2, -0.15) is 0 Å². The Kier molecular flexibility index (Phi) is 6.13. The lowest BCUT2D eigenvalue weighted by molar-refractivity contribution is -0.133. The molecule has 3 rings (SSSR count). The molecule has 1 saturated heterocycles. The van der Waals surface area contributed by atoms with E-state index < -0.39 is 11.2 Å². The highest BCUT2D eigenvalue weighted by Gasteiger charge is 2.21. The van der Waals surface area contributed by atoms with E-state index in [1.807, 2.05) is 29.2 Å². The molecule has 2 aromatic rings. The molecule has 1 aromatic heterocycles. The van der Waals surface area contributed by atoms with E-state index in [9.17, 15) is 14.4 Å². The zero-order valence-electron chi connectivity index (χ0n) is 15.3. The van der Waals surface area contributed by atoms with Crippen LogP contribution in [0.25, 0.3) is 0 Å². The van der Waals surface area contributed by atoms with Crippen molar-refractivity contribution in [2.24, 2.45) is 0 Å². The van der Waals surface area contributed by atoms with Crippen molar-refractivity contribution in [1.82, 2.24) is 19.8 Å². The van der Waals surface area contributed by atoms with Crippen LogP contribution in [0.4, 0.5) is 0 Å². The van der Waals surface area contributed by atoms with Gasteiger partial charge >= 0.3 is 5.69 Å². The summed E-state index contributed by atoms with van der Waals surface area (Å²) in [6.07, 6.45) is 0.578. The van der Waals surface area contributed by atoms with Crippen LogP contribution in [0.5, 0.6) is 0 Å². The van der Waals surface area contributed by atoms with Crippen molar-refractivity contribution >= 4 is 17.5 Å². The van der Waals surface area contributed by atoms with E-state index in [1.54, 1.807) is 6.92 Å². The van der Waals surface area contributed by atoms with E-state index in [2.05, 4.69) is 14.9 Å². The third-order valence-corrected chi connectivity index (χ3v) is 5.14. The molecule has 0 aliphatic carbocycles. The molecule has 1 aliphatic heterocycles. The summed E-state index contributed by atoms with van der Waals surface area (Å²) in [7, 11) is 0. The summed E-state index contributed by atoms with van der Waals surface area (Å²) in [6, 6.07) is 7.81. The number of aromatic amines is 2. The van der Waals surface area contributed by atoms with Gasteiger partial charge in [0.05, 0.1) is 0 Å². The molecule has 2 N–H and O–H groups in total. The van der Waals surface area contributed by atoms with Crippen molar-refractivity contribution in [2.75, 3.05) is 26.2 Å². The molecule has 27 heavy (non-hydrogen) atoms. The maximum Gasteiger partial charge on any atom is 0.325 e. The molecule has 0 radical (unpaired) electrons. The van der Waals surface area contributed by atoms with Crippen LogP contribution in [0.2, 0.25) is 5.02 Å². The maximum atomic E-state index is 12.5. The summed E-state index contributed by atoms with van der Waals surface area (Å²) < 4.78 is 0. The smallest absolute Gasteiger partial charge is 0.325 e. The number of benzene rings is 1. The monoisotopic (exact) mass is 390 g/mol. The van der Waals surface area contributed by atoms with Gasteiger partial charge in [0.25, 0.3) is 5.56 Å². The van der Waals surface area contributed by atoms with E-state index in [4.69, 9.17) is 11.6 Å². The fourth-order valence-electron chi connectivity index (χ4n) is 3.32. The van der Waals surface area contributed by atoms with Crippen LogP contribution >= 0.6 is 11.6 Å². The van der Waals surface area contributed by atoms with Crippen molar-refractivity contribution < 1.29 is 4.79 Å². The molecule has 8 heteroatoms. The predicted octanol–water partition coefficient (Wildman–Crippen LogP) is 1.30. The Bertz CT molecular complexity index is 912.